The molecule has 0 amide bonds. The Morgan fingerprint density at radius 3 is 2.61 bits per heavy atom. The summed E-state index contributed by atoms with van der Waals surface area (Å²) in [6, 6.07) is 8.90. The fourth-order valence-corrected chi connectivity index (χ4v) is 2.51. The normalized spacial score (nSPS) is 18.4. The maximum Gasteiger partial charge on any atom is 0.124 e. The van der Waals surface area contributed by atoms with E-state index in [-0.39, 0.29) is 0 Å². The predicted octanol–water partition coefficient (Wildman–Crippen LogP) is 3.93. The molecule has 1 N–H and O–H groups in total. The Morgan fingerprint density at radius 2 is 2.00 bits per heavy atom. The highest BCUT2D eigenvalue weighted by atomic mass is 16.5. The summed E-state index contributed by atoms with van der Waals surface area (Å²) in [6.07, 6.45) is 3.80. The number of ether oxygens (including phenoxy) is 1. The lowest BCUT2D eigenvalue weighted by atomic mass is 9.91. The standard InChI is InChI=1S/C16H25NO/c1-4-12-17-15(16(3)10-11-16)13-8-6-7-9-14(13)18-5-2/h6-9,15,17H,4-5,10-12H2,1-3H3. The zero-order chi connectivity index (χ0) is 13.0. The molecule has 1 saturated carbocycles. The van der Waals surface area contributed by atoms with Crippen LogP contribution >= 0.6 is 0 Å². The van der Waals surface area contributed by atoms with Crippen molar-refractivity contribution in [1.29, 1.82) is 0 Å². The first-order chi connectivity index (χ1) is 8.71. The SMILES string of the molecule is CCCNC(c1ccccc1OCC)C1(C)CC1. The van der Waals surface area contributed by atoms with E-state index >= 15 is 0 Å². The zero-order valence-corrected chi connectivity index (χ0v) is 11.8. The van der Waals surface area contributed by atoms with Gasteiger partial charge in [0.15, 0.2) is 0 Å². The van der Waals surface area contributed by atoms with Crippen molar-refractivity contribution in [3.8, 4) is 5.75 Å². The van der Waals surface area contributed by atoms with E-state index in [1.165, 1.54) is 24.8 Å². The molecule has 1 aliphatic carbocycles. The average molecular weight is 247 g/mol. The Balaban J connectivity index is 2.24. The van der Waals surface area contributed by atoms with Crippen LogP contribution in [0.4, 0.5) is 0 Å². The Labute approximate surface area is 111 Å². The highest BCUT2D eigenvalue weighted by Gasteiger charge is 2.46. The van der Waals surface area contributed by atoms with E-state index < -0.39 is 0 Å². The number of benzene rings is 1. The molecule has 100 valence electrons. The second-order valence-corrected chi connectivity index (χ2v) is 5.51. The zero-order valence-electron chi connectivity index (χ0n) is 11.8. The van der Waals surface area contributed by atoms with E-state index in [1.807, 2.05) is 6.92 Å². The van der Waals surface area contributed by atoms with Crippen LogP contribution in [0.3, 0.4) is 0 Å². The van der Waals surface area contributed by atoms with Crippen LogP contribution in [0.5, 0.6) is 5.75 Å². The van der Waals surface area contributed by atoms with Gasteiger partial charge in [0, 0.05) is 11.6 Å². The Morgan fingerprint density at radius 1 is 1.28 bits per heavy atom. The molecule has 2 rings (SSSR count). The minimum Gasteiger partial charge on any atom is -0.494 e. The lowest BCUT2D eigenvalue weighted by Crippen LogP contribution is -2.29. The fourth-order valence-electron chi connectivity index (χ4n) is 2.51. The molecule has 1 atom stereocenters. The number of rotatable bonds is 7. The van der Waals surface area contributed by atoms with Gasteiger partial charge in [-0.3, -0.25) is 0 Å². The van der Waals surface area contributed by atoms with Crippen molar-refractivity contribution in [3.05, 3.63) is 29.8 Å². The van der Waals surface area contributed by atoms with Gasteiger partial charge in [-0.1, -0.05) is 32.0 Å². The molecule has 1 fully saturated rings. The van der Waals surface area contributed by atoms with Crippen molar-refractivity contribution in [2.24, 2.45) is 5.41 Å². The lowest BCUT2D eigenvalue weighted by molar-refractivity contribution is 0.312. The van der Waals surface area contributed by atoms with E-state index in [1.54, 1.807) is 0 Å². The van der Waals surface area contributed by atoms with Gasteiger partial charge in [0.05, 0.1) is 6.61 Å². The van der Waals surface area contributed by atoms with Crippen molar-refractivity contribution in [2.45, 2.75) is 46.1 Å². The summed E-state index contributed by atoms with van der Waals surface area (Å²) < 4.78 is 5.78. The average Bonchev–Trinajstić information content (AvgIpc) is 3.11. The van der Waals surface area contributed by atoms with Gasteiger partial charge >= 0.3 is 0 Å². The Kier molecular flexibility index (Phi) is 4.28. The van der Waals surface area contributed by atoms with Gasteiger partial charge in [-0.05, 0) is 44.2 Å². The third-order valence-corrected chi connectivity index (χ3v) is 3.86. The van der Waals surface area contributed by atoms with Gasteiger partial charge in [-0.25, -0.2) is 0 Å². The van der Waals surface area contributed by atoms with Gasteiger partial charge in [0.25, 0.3) is 0 Å². The molecule has 1 aliphatic rings. The third-order valence-electron chi connectivity index (χ3n) is 3.86. The summed E-state index contributed by atoms with van der Waals surface area (Å²) in [4.78, 5) is 0. The molecule has 1 aromatic rings. The Bertz CT molecular complexity index is 384. The largest absolute Gasteiger partial charge is 0.494 e. The van der Waals surface area contributed by atoms with Crippen molar-refractivity contribution in [2.75, 3.05) is 13.2 Å². The molecular weight excluding hydrogens is 222 g/mol. The van der Waals surface area contributed by atoms with Crippen LogP contribution in [0.15, 0.2) is 24.3 Å². The van der Waals surface area contributed by atoms with Crippen LogP contribution in [0, 0.1) is 5.41 Å². The Hall–Kier alpha value is -1.02. The number of para-hydroxylation sites is 1. The fraction of sp³-hybridized carbons (Fsp3) is 0.625. The first-order valence-electron chi connectivity index (χ1n) is 7.16. The van der Waals surface area contributed by atoms with Crippen LogP contribution in [-0.4, -0.2) is 13.2 Å². The van der Waals surface area contributed by atoms with E-state index in [2.05, 4.69) is 43.4 Å². The van der Waals surface area contributed by atoms with Crippen LogP contribution in [0.25, 0.3) is 0 Å². The van der Waals surface area contributed by atoms with Crippen LogP contribution < -0.4 is 10.1 Å². The molecule has 0 aliphatic heterocycles. The lowest BCUT2D eigenvalue weighted by Gasteiger charge is -2.27. The molecule has 1 unspecified atom stereocenters. The minimum atomic E-state index is 0.419. The van der Waals surface area contributed by atoms with E-state index in [9.17, 15) is 0 Å². The molecule has 0 radical (unpaired) electrons. The van der Waals surface area contributed by atoms with Crippen LogP contribution in [0.2, 0.25) is 0 Å². The van der Waals surface area contributed by atoms with Crippen LogP contribution in [-0.2, 0) is 0 Å². The second kappa shape index (κ2) is 5.75. The smallest absolute Gasteiger partial charge is 0.124 e. The molecule has 2 heteroatoms. The van der Waals surface area contributed by atoms with Gasteiger partial charge in [0.2, 0.25) is 0 Å². The van der Waals surface area contributed by atoms with E-state index in [4.69, 9.17) is 4.74 Å². The molecule has 0 aromatic heterocycles. The molecule has 0 heterocycles. The van der Waals surface area contributed by atoms with Crippen molar-refractivity contribution in [1.82, 2.24) is 5.32 Å². The molecular formula is C16H25NO. The second-order valence-electron chi connectivity index (χ2n) is 5.51. The summed E-state index contributed by atoms with van der Waals surface area (Å²) in [6.45, 7) is 8.44. The van der Waals surface area contributed by atoms with Crippen molar-refractivity contribution >= 4 is 0 Å². The maximum atomic E-state index is 5.78. The molecule has 18 heavy (non-hydrogen) atoms. The molecule has 0 saturated heterocycles. The number of nitrogens with one attached hydrogen (secondary N) is 1. The predicted molar refractivity (Wildman–Crippen MR) is 76.0 cm³/mol. The molecule has 0 spiro atoms. The monoisotopic (exact) mass is 247 g/mol. The summed E-state index contributed by atoms with van der Waals surface area (Å²) in [7, 11) is 0. The van der Waals surface area contributed by atoms with Crippen LogP contribution in [0.1, 0.15) is 51.6 Å². The van der Waals surface area contributed by atoms with Gasteiger partial charge in [0.1, 0.15) is 5.75 Å². The maximum absolute atomic E-state index is 5.78. The third kappa shape index (κ3) is 2.86. The summed E-state index contributed by atoms with van der Waals surface area (Å²) >= 11 is 0. The highest BCUT2D eigenvalue weighted by Crippen LogP contribution is 2.55. The number of hydrogen-bond donors (Lipinski definition) is 1. The van der Waals surface area contributed by atoms with E-state index in [0.717, 1.165) is 18.9 Å². The highest BCUT2D eigenvalue weighted by molar-refractivity contribution is 5.38. The molecule has 2 nitrogen and oxygen atoms in total. The van der Waals surface area contributed by atoms with Gasteiger partial charge < -0.3 is 10.1 Å². The van der Waals surface area contributed by atoms with Crippen molar-refractivity contribution < 1.29 is 4.74 Å². The number of hydrogen-bond acceptors (Lipinski definition) is 2. The first-order valence-corrected chi connectivity index (χ1v) is 7.16. The quantitative estimate of drug-likeness (QED) is 0.788. The van der Waals surface area contributed by atoms with Gasteiger partial charge in [-0.2, -0.15) is 0 Å². The van der Waals surface area contributed by atoms with Crippen molar-refractivity contribution in [3.63, 3.8) is 0 Å². The van der Waals surface area contributed by atoms with Gasteiger partial charge in [-0.15, -0.1) is 0 Å². The summed E-state index contributed by atoms with van der Waals surface area (Å²) in [5, 5.41) is 3.71. The molecule has 1 aromatic carbocycles. The topological polar surface area (TPSA) is 21.3 Å². The summed E-state index contributed by atoms with van der Waals surface area (Å²) in [5.74, 6) is 1.04. The minimum absolute atomic E-state index is 0.419. The molecule has 0 bridgehead atoms. The first kappa shape index (κ1) is 13.4. The van der Waals surface area contributed by atoms with E-state index in [0.29, 0.717) is 11.5 Å². The summed E-state index contributed by atoms with van der Waals surface area (Å²) in [5.41, 5.74) is 1.75.